The molecule has 28 heavy (non-hydrogen) atoms. The fourth-order valence-corrected chi connectivity index (χ4v) is 5.34. The number of nitrogens with one attached hydrogen (secondary N) is 2. The summed E-state index contributed by atoms with van der Waals surface area (Å²) in [7, 11) is -0.705. The Balaban J connectivity index is 0.00000392. The summed E-state index contributed by atoms with van der Waals surface area (Å²) in [5.74, 6) is 1.91. The van der Waals surface area contributed by atoms with Crippen LogP contribution in [0.3, 0.4) is 0 Å². The average molecular weight is 527 g/mol. The van der Waals surface area contributed by atoms with Crippen LogP contribution in [0, 0.1) is 0 Å². The standard InChI is InChI=1S/C20H38N4O2S.HI/c1-3-21-20(23-17-10-8-11-18(16-17)27(26)4-2)22-13-9-15-24-14-7-5-6-12-19(24)25;/h17-18H,3-16H2,1-2H3,(H2,21,22,23);1H. The fourth-order valence-electron chi connectivity index (χ4n) is 3.99. The number of amides is 1. The number of carbonyl (C=O) groups excluding carboxylic acids is 1. The van der Waals surface area contributed by atoms with Crippen molar-refractivity contribution in [2.45, 2.75) is 82.9 Å². The maximum atomic E-state index is 12.1. The summed E-state index contributed by atoms with van der Waals surface area (Å²) in [5.41, 5.74) is 0. The van der Waals surface area contributed by atoms with E-state index in [4.69, 9.17) is 4.99 Å². The highest BCUT2D eigenvalue weighted by Crippen LogP contribution is 2.23. The molecule has 1 heterocycles. The number of aliphatic imine (C=N–C) groups is 1. The molecule has 1 aliphatic carbocycles. The van der Waals surface area contributed by atoms with Crippen molar-refractivity contribution in [2.75, 3.05) is 31.9 Å². The Morgan fingerprint density at radius 1 is 1.21 bits per heavy atom. The van der Waals surface area contributed by atoms with E-state index < -0.39 is 10.8 Å². The molecule has 2 rings (SSSR count). The van der Waals surface area contributed by atoms with Crippen molar-refractivity contribution < 1.29 is 9.00 Å². The van der Waals surface area contributed by atoms with Gasteiger partial charge in [-0.25, -0.2) is 0 Å². The second-order valence-electron chi connectivity index (χ2n) is 7.60. The Kier molecular flexibility index (Phi) is 13.4. The van der Waals surface area contributed by atoms with Crippen LogP contribution in [0.4, 0.5) is 0 Å². The minimum absolute atomic E-state index is 0. The van der Waals surface area contributed by atoms with Crippen LogP contribution in [0.15, 0.2) is 4.99 Å². The first-order valence-electron chi connectivity index (χ1n) is 10.8. The number of nitrogens with zero attached hydrogens (tertiary/aromatic N) is 2. The van der Waals surface area contributed by atoms with Gasteiger partial charge in [-0.2, -0.15) is 0 Å². The summed E-state index contributed by atoms with van der Waals surface area (Å²) in [6.45, 7) is 7.34. The third kappa shape index (κ3) is 8.97. The fraction of sp³-hybridized carbons (Fsp3) is 0.900. The first-order valence-corrected chi connectivity index (χ1v) is 12.2. The van der Waals surface area contributed by atoms with Crippen molar-refractivity contribution in [3.8, 4) is 0 Å². The highest BCUT2D eigenvalue weighted by atomic mass is 127. The van der Waals surface area contributed by atoms with Gasteiger partial charge >= 0.3 is 0 Å². The topological polar surface area (TPSA) is 73.8 Å². The van der Waals surface area contributed by atoms with Crippen molar-refractivity contribution >= 4 is 46.6 Å². The van der Waals surface area contributed by atoms with Gasteiger partial charge in [-0.3, -0.25) is 14.0 Å². The van der Waals surface area contributed by atoms with E-state index in [-0.39, 0.29) is 24.0 Å². The lowest BCUT2D eigenvalue weighted by molar-refractivity contribution is -0.130. The quantitative estimate of drug-likeness (QED) is 0.221. The van der Waals surface area contributed by atoms with E-state index in [1.165, 1.54) is 6.42 Å². The number of hydrogen-bond acceptors (Lipinski definition) is 3. The van der Waals surface area contributed by atoms with Gasteiger partial charge in [0.1, 0.15) is 0 Å². The van der Waals surface area contributed by atoms with Gasteiger partial charge in [0.25, 0.3) is 0 Å². The number of carbonyl (C=O) groups is 1. The summed E-state index contributed by atoms with van der Waals surface area (Å²) < 4.78 is 12.1. The molecule has 2 fully saturated rings. The lowest BCUT2D eigenvalue weighted by Crippen LogP contribution is -2.46. The van der Waals surface area contributed by atoms with E-state index in [9.17, 15) is 9.00 Å². The zero-order chi connectivity index (χ0) is 19.5. The third-order valence-corrected chi connectivity index (χ3v) is 7.24. The second kappa shape index (κ2) is 14.6. The van der Waals surface area contributed by atoms with Gasteiger partial charge in [0, 0.05) is 60.4 Å². The van der Waals surface area contributed by atoms with E-state index in [1.807, 2.05) is 11.8 Å². The molecule has 0 aromatic carbocycles. The van der Waals surface area contributed by atoms with Crippen LogP contribution >= 0.6 is 24.0 Å². The van der Waals surface area contributed by atoms with Gasteiger partial charge in [-0.05, 0) is 45.4 Å². The van der Waals surface area contributed by atoms with Crippen LogP contribution in [0.25, 0.3) is 0 Å². The van der Waals surface area contributed by atoms with Gasteiger partial charge in [-0.15, -0.1) is 24.0 Å². The number of guanidine groups is 1. The molecule has 1 amide bonds. The minimum atomic E-state index is -0.705. The van der Waals surface area contributed by atoms with Crippen LogP contribution in [-0.2, 0) is 15.6 Å². The summed E-state index contributed by atoms with van der Waals surface area (Å²) in [5, 5.41) is 7.19. The molecule has 1 saturated carbocycles. The van der Waals surface area contributed by atoms with Gasteiger partial charge < -0.3 is 15.5 Å². The predicted octanol–water partition coefficient (Wildman–Crippen LogP) is 3.03. The SMILES string of the molecule is CCNC(=NCCCN1CCCCCC1=O)NC1CCCC(S(=O)CC)C1.I. The van der Waals surface area contributed by atoms with Gasteiger partial charge in [0.05, 0.1) is 0 Å². The number of rotatable bonds is 8. The van der Waals surface area contributed by atoms with E-state index in [0.717, 1.165) is 82.8 Å². The predicted molar refractivity (Wildman–Crippen MR) is 129 cm³/mol. The van der Waals surface area contributed by atoms with Crippen LogP contribution < -0.4 is 10.6 Å². The van der Waals surface area contributed by atoms with Crippen molar-refractivity contribution in [1.82, 2.24) is 15.5 Å². The van der Waals surface area contributed by atoms with Gasteiger partial charge in [-0.1, -0.05) is 19.8 Å². The highest BCUT2D eigenvalue weighted by molar-refractivity contribution is 14.0. The third-order valence-electron chi connectivity index (χ3n) is 5.49. The Bertz CT molecular complexity index is 518. The zero-order valence-electron chi connectivity index (χ0n) is 17.6. The van der Waals surface area contributed by atoms with Crippen molar-refractivity contribution in [1.29, 1.82) is 0 Å². The molecule has 3 atom stereocenters. The zero-order valence-corrected chi connectivity index (χ0v) is 20.7. The molecule has 0 aromatic heterocycles. The molecule has 2 N–H and O–H groups in total. The highest BCUT2D eigenvalue weighted by Gasteiger charge is 2.26. The lowest BCUT2D eigenvalue weighted by atomic mass is 9.95. The van der Waals surface area contributed by atoms with E-state index in [0.29, 0.717) is 23.6 Å². The molecular weight excluding hydrogens is 487 g/mol. The van der Waals surface area contributed by atoms with Crippen LogP contribution in [0.2, 0.25) is 0 Å². The molecule has 0 radical (unpaired) electrons. The molecule has 1 aliphatic heterocycles. The Hall–Kier alpha value is -0.380. The first kappa shape index (κ1) is 25.7. The van der Waals surface area contributed by atoms with Crippen molar-refractivity contribution in [2.24, 2.45) is 4.99 Å². The summed E-state index contributed by atoms with van der Waals surface area (Å²) in [6.07, 6.45) is 9.22. The number of halogens is 1. The normalized spacial score (nSPS) is 24.9. The number of likely N-dealkylation sites (tertiary alicyclic amines) is 1. The van der Waals surface area contributed by atoms with E-state index >= 15 is 0 Å². The molecule has 6 nitrogen and oxygen atoms in total. The maximum absolute atomic E-state index is 12.1. The van der Waals surface area contributed by atoms with E-state index in [1.54, 1.807) is 0 Å². The maximum Gasteiger partial charge on any atom is 0.222 e. The lowest BCUT2D eigenvalue weighted by Gasteiger charge is -2.30. The second-order valence-corrected chi connectivity index (χ2v) is 9.61. The monoisotopic (exact) mass is 526 g/mol. The molecular formula is C20H39IN4O2S. The summed E-state index contributed by atoms with van der Waals surface area (Å²) >= 11 is 0. The van der Waals surface area contributed by atoms with Crippen LogP contribution in [0.1, 0.15) is 71.6 Å². The molecule has 1 saturated heterocycles. The largest absolute Gasteiger partial charge is 0.357 e. The van der Waals surface area contributed by atoms with Crippen molar-refractivity contribution in [3.63, 3.8) is 0 Å². The molecule has 3 unspecified atom stereocenters. The first-order chi connectivity index (χ1) is 13.1. The van der Waals surface area contributed by atoms with Crippen LogP contribution in [0.5, 0.6) is 0 Å². The van der Waals surface area contributed by atoms with E-state index in [2.05, 4.69) is 17.6 Å². The van der Waals surface area contributed by atoms with Crippen molar-refractivity contribution in [3.05, 3.63) is 0 Å². The Morgan fingerprint density at radius 2 is 2.04 bits per heavy atom. The Morgan fingerprint density at radius 3 is 2.79 bits per heavy atom. The summed E-state index contributed by atoms with van der Waals surface area (Å²) in [6, 6.07) is 0.351. The molecule has 0 aromatic rings. The van der Waals surface area contributed by atoms with Gasteiger partial charge in [0.2, 0.25) is 5.91 Å². The molecule has 164 valence electrons. The number of hydrogen-bond donors (Lipinski definition) is 2. The minimum Gasteiger partial charge on any atom is -0.357 e. The Labute approximate surface area is 190 Å². The molecule has 0 bridgehead atoms. The smallest absolute Gasteiger partial charge is 0.222 e. The molecule has 2 aliphatic rings. The van der Waals surface area contributed by atoms with Crippen LogP contribution in [-0.4, -0.2) is 64.2 Å². The average Bonchev–Trinajstić information content (AvgIpc) is 2.89. The summed E-state index contributed by atoms with van der Waals surface area (Å²) in [4.78, 5) is 18.8. The van der Waals surface area contributed by atoms with Gasteiger partial charge in [0.15, 0.2) is 5.96 Å². The molecule has 0 spiro atoms. The molecule has 8 heteroatoms.